The first-order valence-corrected chi connectivity index (χ1v) is 6.07. The molecule has 0 fully saturated rings. The Labute approximate surface area is 114 Å². The molecule has 0 amide bonds. The number of ether oxygens (including phenoxy) is 2. The fourth-order valence-electron chi connectivity index (χ4n) is 1.54. The first-order valence-electron chi connectivity index (χ1n) is 6.07. The summed E-state index contributed by atoms with van der Waals surface area (Å²) in [6, 6.07) is 9.79. The maximum atomic E-state index is 9.36. The fourth-order valence-corrected chi connectivity index (χ4v) is 1.54. The van der Waals surface area contributed by atoms with Crippen LogP contribution in [0.15, 0.2) is 30.3 Å². The standard InChI is InChI=1S/C16H18O3/c1-3-8-16(11-15(17)4-2)19-13-18-12-14-9-6-5-7-10-14/h1-2,5-7,9-10,15-17H,8,11-13H2/t15-,16+/m0/s1. The minimum absolute atomic E-state index is 0.124. The average Bonchev–Trinajstić information content (AvgIpc) is 2.44. The Bertz CT molecular complexity index is 428. The van der Waals surface area contributed by atoms with E-state index < -0.39 is 6.10 Å². The molecule has 1 aromatic rings. The van der Waals surface area contributed by atoms with Gasteiger partial charge < -0.3 is 14.6 Å². The quantitative estimate of drug-likeness (QED) is 0.440. The number of rotatable bonds is 8. The minimum atomic E-state index is -0.840. The number of terminal acetylenes is 2. The van der Waals surface area contributed by atoms with Gasteiger partial charge in [-0.15, -0.1) is 18.8 Å². The summed E-state index contributed by atoms with van der Waals surface area (Å²) in [5.74, 6) is 4.73. The molecule has 100 valence electrons. The molecule has 0 saturated heterocycles. The van der Waals surface area contributed by atoms with Crippen LogP contribution in [-0.4, -0.2) is 24.1 Å². The minimum Gasteiger partial charge on any atom is -0.380 e. The monoisotopic (exact) mass is 258 g/mol. The van der Waals surface area contributed by atoms with Crippen LogP contribution >= 0.6 is 0 Å². The second-order valence-electron chi connectivity index (χ2n) is 4.07. The zero-order chi connectivity index (χ0) is 13.9. The van der Waals surface area contributed by atoms with E-state index in [0.717, 1.165) is 5.56 Å². The highest BCUT2D eigenvalue weighted by Crippen LogP contribution is 2.08. The van der Waals surface area contributed by atoms with Crippen molar-refractivity contribution in [1.82, 2.24) is 0 Å². The lowest BCUT2D eigenvalue weighted by molar-refractivity contribution is -0.101. The maximum Gasteiger partial charge on any atom is 0.147 e. The van der Waals surface area contributed by atoms with Gasteiger partial charge in [-0.1, -0.05) is 36.3 Å². The fraction of sp³-hybridized carbons (Fsp3) is 0.375. The Morgan fingerprint density at radius 3 is 2.58 bits per heavy atom. The van der Waals surface area contributed by atoms with Gasteiger partial charge >= 0.3 is 0 Å². The van der Waals surface area contributed by atoms with E-state index in [1.54, 1.807) is 0 Å². The number of benzene rings is 1. The van der Waals surface area contributed by atoms with Crippen molar-refractivity contribution < 1.29 is 14.6 Å². The average molecular weight is 258 g/mol. The summed E-state index contributed by atoms with van der Waals surface area (Å²) in [5.41, 5.74) is 1.07. The molecular formula is C16H18O3. The zero-order valence-corrected chi connectivity index (χ0v) is 10.8. The van der Waals surface area contributed by atoms with Crippen LogP contribution in [0.2, 0.25) is 0 Å². The van der Waals surface area contributed by atoms with E-state index in [2.05, 4.69) is 11.8 Å². The van der Waals surface area contributed by atoms with Crippen LogP contribution in [0.25, 0.3) is 0 Å². The topological polar surface area (TPSA) is 38.7 Å². The van der Waals surface area contributed by atoms with Crippen molar-refractivity contribution in [2.75, 3.05) is 6.79 Å². The highest BCUT2D eigenvalue weighted by atomic mass is 16.7. The molecule has 0 aliphatic carbocycles. The van der Waals surface area contributed by atoms with Gasteiger partial charge in [0.05, 0.1) is 12.7 Å². The van der Waals surface area contributed by atoms with Crippen molar-refractivity contribution in [2.45, 2.75) is 31.7 Å². The number of hydrogen-bond donors (Lipinski definition) is 1. The molecule has 0 heterocycles. The molecule has 0 aliphatic heterocycles. The molecule has 1 aromatic carbocycles. The van der Waals surface area contributed by atoms with Gasteiger partial charge in [0.15, 0.2) is 0 Å². The Hall–Kier alpha value is -1.78. The van der Waals surface area contributed by atoms with E-state index in [1.165, 1.54) is 0 Å². The van der Waals surface area contributed by atoms with Gasteiger partial charge in [-0.3, -0.25) is 0 Å². The van der Waals surface area contributed by atoms with Gasteiger partial charge in [0.2, 0.25) is 0 Å². The summed E-state index contributed by atoms with van der Waals surface area (Å²) in [7, 11) is 0. The summed E-state index contributed by atoms with van der Waals surface area (Å²) < 4.78 is 10.8. The van der Waals surface area contributed by atoms with Crippen molar-refractivity contribution in [1.29, 1.82) is 0 Å². The first-order chi connectivity index (χ1) is 9.26. The van der Waals surface area contributed by atoms with E-state index in [4.69, 9.17) is 22.3 Å². The Balaban J connectivity index is 2.25. The lowest BCUT2D eigenvalue weighted by Crippen LogP contribution is -2.21. The molecule has 0 radical (unpaired) electrons. The van der Waals surface area contributed by atoms with Gasteiger partial charge in [-0.25, -0.2) is 0 Å². The van der Waals surface area contributed by atoms with Crippen molar-refractivity contribution in [3.8, 4) is 24.7 Å². The van der Waals surface area contributed by atoms with E-state index in [-0.39, 0.29) is 12.9 Å². The third kappa shape index (κ3) is 6.64. The van der Waals surface area contributed by atoms with E-state index >= 15 is 0 Å². The van der Waals surface area contributed by atoms with Gasteiger partial charge in [0.1, 0.15) is 12.9 Å². The van der Waals surface area contributed by atoms with Crippen molar-refractivity contribution >= 4 is 0 Å². The Morgan fingerprint density at radius 2 is 1.95 bits per heavy atom. The van der Waals surface area contributed by atoms with Crippen LogP contribution in [0.4, 0.5) is 0 Å². The molecule has 2 atom stereocenters. The number of aliphatic hydroxyl groups is 1. The third-order valence-corrected chi connectivity index (χ3v) is 2.52. The number of aliphatic hydroxyl groups excluding tert-OH is 1. The van der Waals surface area contributed by atoms with E-state index in [0.29, 0.717) is 19.4 Å². The second kappa shape index (κ2) is 9.19. The summed E-state index contributed by atoms with van der Waals surface area (Å²) >= 11 is 0. The molecule has 0 unspecified atom stereocenters. The van der Waals surface area contributed by atoms with E-state index in [1.807, 2.05) is 30.3 Å². The van der Waals surface area contributed by atoms with E-state index in [9.17, 15) is 5.11 Å². The van der Waals surface area contributed by atoms with Gasteiger partial charge in [-0.2, -0.15) is 0 Å². The third-order valence-electron chi connectivity index (χ3n) is 2.52. The van der Waals surface area contributed by atoms with Gasteiger partial charge in [-0.05, 0) is 5.56 Å². The maximum absolute atomic E-state index is 9.36. The molecule has 19 heavy (non-hydrogen) atoms. The Kier molecular flexibility index (Phi) is 7.39. The van der Waals surface area contributed by atoms with Crippen LogP contribution in [-0.2, 0) is 16.1 Å². The molecular weight excluding hydrogens is 240 g/mol. The van der Waals surface area contributed by atoms with Crippen LogP contribution in [0.1, 0.15) is 18.4 Å². The van der Waals surface area contributed by atoms with Crippen molar-refractivity contribution in [2.24, 2.45) is 0 Å². The van der Waals surface area contributed by atoms with Crippen molar-refractivity contribution in [3.63, 3.8) is 0 Å². The molecule has 0 aromatic heterocycles. The second-order valence-corrected chi connectivity index (χ2v) is 4.07. The predicted octanol–water partition coefficient (Wildman–Crippen LogP) is 1.95. The Morgan fingerprint density at radius 1 is 1.21 bits per heavy atom. The normalized spacial score (nSPS) is 13.2. The predicted molar refractivity (Wildman–Crippen MR) is 73.9 cm³/mol. The zero-order valence-electron chi connectivity index (χ0n) is 10.8. The SMILES string of the molecule is C#CC[C@H](C[C@@H](O)C#C)OCOCc1ccccc1. The summed E-state index contributed by atoms with van der Waals surface area (Å²) in [4.78, 5) is 0. The molecule has 3 nitrogen and oxygen atoms in total. The smallest absolute Gasteiger partial charge is 0.147 e. The van der Waals surface area contributed by atoms with Crippen molar-refractivity contribution in [3.05, 3.63) is 35.9 Å². The number of hydrogen-bond acceptors (Lipinski definition) is 3. The molecule has 0 spiro atoms. The molecule has 3 heteroatoms. The van der Waals surface area contributed by atoms with Gasteiger partial charge in [0.25, 0.3) is 0 Å². The molecule has 0 bridgehead atoms. The lowest BCUT2D eigenvalue weighted by Gasteiger charge is -2.16. The summed E-state index contributed by atoms with van der Waals surface area (Å²) in [5, 5.41) is 9.36. The van der Waals surface area contributed by atoms with Crippen LogP contribution < -0.4 is 0 Å². The summed E-state index contributed by atoms with van der Waals surface area (Å²) in [6.07, 6.45) is 9.93. The molecule has 1 rings (SSSR count). The summed E-state index contributed by atoms with van der Waals surface area (Å²) in [6.45, 7) is 0.597. The molecule has 0 aliphatic rings. The van der Waals surface area contributed by atoms with Crippen LogP contribution in [0.3, 0.4) is 0 Å². The lowest BCUT2D eigenvalue weighted by atomic mass is 10.1. The van der Waals surface area contributed by atoms with Gasteiger partial charge in [0, 0.05) is 12.8 Å². The highest BCUT2D eigenvalue weighted by Gasteiger charge is 2.12. The first kappa shape index (κ1) is 15.3. The largest absolute Gasteiger partial charge is 0.380 e. The molecule has 0 saturated carbocycles. The van der Waals surface area contributed by atoms with Crippen LogP contribution in [0.5, 0.6) is 0 Å². The molecule has 1 N–H and O–H groups in total. The van der Waals surface area contributed by atoms with Crippen LogP contribution in [0, 0.1) is 24.7 Å². The highest BCUT2D eigenvalue weighted by molar-refractivity contribution is 5.13.